The van der Waals surface area contributed by atoms with Gasteiger partial charge in [0.15, 0.2) is 6.17 Å². The van der Waals surface area contributed by atoms with E-state index in [0.29, 0.717) is 34.0 Å². The van der Waals surface area contributed by atoms with E-state index in [1.54, 1.807) is 80.6 Å². The largest absolute Gasteiger partial charge is 0.508 e. The third kappa shape index (κ3) is 11.7. The molecule has 3 aliphatic heterocycles. The second-order valence-electron chi connectivity index (χ2n) is 18.1. The Morgan fingerprint density at radius 3 is 2.11 bits per heavy atom. The van der Waals surface area contributed by atoms with Gasteiger partial charge < -0.3 is 62.0 Å². The molecule has 21 nitrogen and oxygen atoms in total. The monoisotopic (exact) mass is 963 g/mol. The number of carboxylic acid groups (broad SMARTS) is 1. The molecule has 21 heteroatoms. The molecule has 2 bridgehead atoms. The van der Waals surface area contributed by atoms with Gasteiger partial charge in [-0.1, -0.05) is 74.5 Å². The number of phenols is 1. The van der Waals surface area contributed by atoms with Gasteiger partial charge in [-0.05, 0) is 60.1 Å². The van der Waals surface area contributed by atoms with E-state index in [0.717, 1.165) is 0 Å². The van der Waals surface area contributed by atoms with Crippen LogP contribution in [0.4, 0.5) is 0 Å². The maximum atomic E-state index is 15.0. The lowest BCUT2D eigenvalue weighted by molar-refractivity contribution is -0.142. The lowest BCUT2D eigenvalue weighted by Gasteiger charge is -2.30. The maximum Gasteiger partial charge on any atom is 0.326 e. The molecule has 370 valence electrons. The summed E-state index contributed by atoms with van der Waals surface area (Å²) in [6.45, 7) is 2.61. The summed E-state index contributed by atoms with van der Waals surface area (Å²) in [5, 5.41) is 49.6. The zero-order chi connectivity index (χ0) is 50.2. The topological polar surface area (TPSA) is 307 Å². The van der Waals surface area contributed by atoms with Crippen LogP contribution in [-0.2, 0) is 62.4 Å². The van der Waals surface area contributed by atoms with Gasteiger partial charge in [0, 0.05) is 43.8 Å². The standard InChI is InChI=1S/C49H57N9O12/c1-26(2)40-46(66)52-33(21-27-9-4-3-5-10-27)42(62)54-36(25-59)44(64)53-35(49(69)70)23-29-24-58(37-12-7-6-11-31(29)37)41(47(67)55-40)56-43(63)34(22-28-14-16-30(60)17-15-28)51-45(65)38-13-8-20-57(38)48(68)32-18-19-39(61)50-32/h3-7,9-12,14-17,24,26,32-36,38,40-41,59-60H,8,13,18-23,25H2,1-2H3,(H,50,61)(H,51,65)(H,52,66)(H,53,64)(H,54,62)(H,55,67)(H,56,63)(H,69,70)/t32-,33-,34-,35-,36-,38-,40-,41?/m0/s1. The Labute approximate surface area is 402 Å². The molecule has 0 radical (unpaired) electrons. The molecule has 1 aromatic heterocycles. The highest BCUT2D eigenvalue weighted by Crippen LogP contribution is 2.27. The second kappa shape index (κ2) is 22.1. The van der Waals surface area contributed by atoms with Crippen LogP contribution in [0.2, 0.25) is 0 Å². The Morgan fingerprint density at radius 1 is 0.757 bits per heavy atom. The number of carbonyl (C=O) groups excluding carboxylic acids is 8. The van der Waals surface area contributed by atoms with Crippen molar-refractivity contribution in [1.82, 2.24) is 46.7 Å². The molecule has 1 unspecified atom stereocenters. The molecule has 10 N–H and O–H groups in total. The summed E-state index contributed by atoms with van der Waals surface area (Å²) in [5.74, 6) is -8.07. The second-order valence-corrected chi connectivity index (χ2v) is 18.1. The van der Waals surface area contributed by atoms with Crippen molar-refractivity contribution in [3.8, 4) is 5.75 Å². The van der Waals surface area contributed by atoms with E-state index >= 15 is 0 Å². The number of aliphatic hydroxyl groups excluding tert-OH is 1. The summed E-state index contributed by atoms with van der Waals surface area (Å²) in [5.41, 5.74) is 1.72. The number of phenolic OH excluding ortho intramolecular Hbond substituents is 1. The normalized spacial score (nSPS) is 23.9. The minimum atomic E-state index is -1.72. The average molecular weight is 964 g/mol. The molecule has 0 aliphatic carbocycles. The highest BCUT2D eigenvalue weighted by Gasteiger charge is 2.41. The molecule has 3 aromatic carbocycles. The van der Waals surface area contributed by atoms with Gasteiger partial charge in [-0.25, -0.2) is 4.79 Å². The molecular weight excluding hydrogens is 907 g/mol. The van der Waals surface area contributed by atoms with Crippen LogP contribution in [0.15, 0.2) is 85.1 Å². The van der Waals surface area contributed by atoms with Gasteiger partial charge in [0.2, 0.25) is 41.4 Å². The molecule has 3 aliphatic rings. The number of aliphatic carboxylic acids is 1. The Balaban J connectivity index is 1.28. The van der Waals surface area contributed by atoms with Crippen molar-refractivity contribution in [2.75, 3.05) is 13.2 Å². The van der Waals surface area contributed by atoms with Crippen LogP contribution in [0.3, 0.4) is 0 Å². The van der Waals surface area contributed by atoms with E-state index in [2.05, 4.69) is 37.2 Å². The number of hydrogen-bond donors (Lipinski definition) is 10. The van der Waals surface area contributed by atoms with Gasteiger partial charge in [0.25, 0.3) is 5.91 Å². The lowest BCUT2D eigenvalue weighted by Crippen LogP contribution is -2.60. The predicted molar refractivity (Wildman–Crippen MR) is 250 cm³/mol. The number of aliphatic hydroxyl groups is 1. The molecule has 0 saturated carbocycles. The first-order valence-corrected chi connectivity index (χ1v) is 23.2. The van der Waals surface area contributed by atoms with Crippen molar-refractivity contribution < 1.29 is 58.5 Å². The van der Waals surface area contributed by atoms with Crippen molar-refractivity contribution in [3.63, 3.8) is 0 Å². The van der Waals surface area contributed by atoms with Gasteiger partial charge in [-0.15, -0.1) is 0 Å². The van der Waals surface area contributed by atoms with E-state index in [4.69, 9.17) is 0 Å². The fraction of sp³-hybridized carbons (Fsp3) is 0.408. The van der Waals surface area contributed by atoms with E-state index in [-0.39, 0.29) is 56.7 Å². The van der Waals surface area contributed by atoms with Crippen LogP contribution in [0.5, 0.6) is 5.75 Å². The summed E-state index contributed by atoms with van der Waals surface area (Å²) < 4.78 is 1.37. The first-order valence-electron chi connectivity index (χ1n) is 23.2. The number of amides is 8. The third-order valence-corrected chi connectivity index (χ3v) is 12.8. The zero-order valence-corrected chi connectivity index (χ0v) is 38.6. The quantitative estimate of drug-likeness (QED) is 0.0855. The fourth-order valence-corrected chi connectivity index (χ4v) is 9.04. The molecule has 4 heterocycles. The number of carboxylic acids is 1. The van der Waals surface area contributed by atoms with Crippen LogP contribution in [0.1, 0.15) is 62.4 Å². The highest BCUT2D eigenvalue weighted by atomic mass is 16.4. The molecule has 4 aromatic rings. The summed E-state index contributed by atoms with van der Waals surface area (Å²) in [4.78, 5) is 126. The summed E-state index contributed by atoms with van der Waals surface area (Å²) in [7, 11) is 0. The molecule has 8 amide bonds. The van der Waals surface area contributed by atoms with E-state index in [9.17, 15) is 58.5 Å². The number of para-hydroxylation sites is 1. The van der Waals surface area contributed by atoms with Crippen LogP contribution in [0.25, 0.3) is 10.9 Å². The SMILES string of the molecule is CC(C)[C@@H]1NC(=O)C(NC(=O)[C@H](Cc2ccc(O)cc2)NC(=O)[C@@H]2CCCN2C(=O)[C@@H]2CCC(=O)N2)n2cc(c3ccccc32)C[C@@H](C(=O)O)NC(=O)[C@H](CO)NC(=O)[C@H](Cc2ccccc2)NC1=O. The minimum absolute atomic E-state index is 0.0600. The van der Waals surface area contributed by atoms with Gasteiger partial charge >= 0.3 is 5.97 Å². The predicted octanol–water partition coefficient (Wildman–Crippen LogP) is -0.570. The van der Waals surface area contributed by atoms with Crippen molar-refractivity contribution >= 4 is 64.1 Å². The first kappa shape index (κ1) is 50.1. The number of aromatic hydroxyl groups is 1. The number of hydrogen-bond acceptors (Lipinski definition) is 11. The van der Waals surface area contributed by atoms with Crippen molar-refractivity contribution in [2.45, 2.75) is 107 Å². The van der Waals surface area contributed by atoms with Gasteiger partial charge in [-0.2, -0.15) is 0 Å². The first-order chi connectivity index (χ1) is 33.5. The molecule has 2 saturated heterocycles. The summed E-state index contributed by atoms with van der Waals surface area (Å²) in [6.07, 6.45) is 0.245. The van der Waals surface area contributed by atoms with Gasteiger partial charge in [0.05, 0.1) is 12.1 Å². The van der Waals surface area contributed by atoms with E-state index < -0.39 is 108 Å². The molecular formula is C49H57N9O12. The zero-order valence-electron chi connectivity index (χ0n) is 38.6. The Hall–Kier alpha value is -7.81. The molecule has 0 spiro atoms. The molecule has 70 heavy (non-hydrogen) atoms. The number of fused-ring (bicyclic) bond motifs is 5. The number of likely N-dealkylation sites (tertiary alicyclic amines) is 1. The Morgan fingerprint density at radius 2 is 1.44 bits per heavy atom. The van der Waals surface area contributed by atoms with Crippen LogP contribution >= 0.6 is 0 Å². The van der Waals surface area contributed by atoms with Crippen molar-refractivity contribution in [1.29, 1.82) is 0 Å². The van der Waals surface area contributed by atoms with Crippen LogP contribution < -0.4 is 37.2 Å². The van der Waals surface area contributed by atoms with Gasteiger partial charge in [0.1, 0.15) is 48.0 Å². The smallest absolute Gasteiger partial charge is 0.326 e. The maximum absolute atomic E-state index is 15.0. The van der Waals surface area contributed by atoms with Crippen molar-refractivity contribution in [3.05, 3.63) is 102 Å². The fourth-order valence-electron chi connectivity index (χ4n) is 9.04. The number of benzene rings is 3. The van der Waals surface area contributed by atoms with Gasteiger partial charge in [-0.3, -0.25) is 38.4 Å². The number of nitrogens with zero attached hydrogens (tertiary/aromatic N) is 2. The lowest BCUT2D eigenvalue weighted by atomic mass is 10.0. The molecule has 8 atom stereocenters. The summed E-state index contributed by atoms with van der Waals surface area (Å²) >= 11 is 0. The Bertz CT molecular complexity index is 2640. The summed E-state index contributed by atoms with van der Waals surface area (Å²) in [6, 6.07) is 11.8. The average Bonchev–Trinajstić information content (AvgIpc) is 4.10. The number of rotatable bonds is 12. The third-order valence-electron chi connectivity index (χ3n) is 12.8. The van der Waals surface area contributed by atoms with Crippen molar-refractivity contribution in [2.24, 2.45) is 5.92 Å². The van der Waals surface area contributed by atoms with E-state index in [1.807, 2.05) is 0 Å². The van der Waals surface area contributed by atoms with Crippen LogP contribution in [-0.4, -0.2) is 133 Å². The van der Waals surface area contributed by atoms with Crippen LogP contribution in [0, 0.1) is 5.92 Å². The number of aromatic nitrogens is 1. The number of nitrogens with one attached hydrogen (secondary N) is 7. The van der Waals surface area contributed by atoms with E-state index in [1.165, 1.54) is 27.8 Å². The number of carbonyl (C=O) groups is 9. The highest BCUT2D eigenvalue weighted by molar-refractivity contribution is 5.99. The Kier molecular flexibility index (Phi) is 15.8. The molecule has 2 fully saturated rings. The molecule has 7 rings (SSSR count). The minimum Gasteiger partial charge on any atom is -0.508 e.